The Morgan fingerprint density at radius 1 is 1.08 bits per heavy atom. The Morgan fingerprint density at radius 2 is 2.00 bits per heavy atom. The summed E-state index contributed by atoms with van der Waals surface area (Å²) in [5.74, 6) is 0. The standard InChI is InChI=1S/C11H8N2/c1-2-4-9-8(3-1)5-11-10(9)6-12-7-13-11/h1-4,6-7H,5H2. The molecule has 2 aromatic rings. The molecule has 0 fully saturated rings. The Labute approximate surface area is 76.3 Å². The SMILES string of the molecule is c1ccc2c(c1)Cc1ncncc1-2. The van der Waals surface area contributed by atoms with Gasteiger partial charge in [0, 0.05) is 18.2 Å². The molecule has 0 amide bonds. The second-order valence-corrected chi connectivity index (χ2v) is 3.22. The molecule has 0 bridgehead atoms. The van der Waals surface area contributed by atoms with Crippen molar-refractivity contribution in [3.8, 4) is 11.1 Å². The van der Waals surface area contributed by atoms with Crippen LogP contribution in [-0.2, 0) is 6.42 Å². The van der Waals surface area contributed by atoms with E-state index in [-0.39, 0.29) is 0 Å². The maximum Gasteiger partial charge on any atom is 0.115 e. The highest BCUT2D eigenvalue weighted by atomic mass is 14.8. The normalized spacial score (nSPS) is 12.3. The van der Waals surface area contributed by atoms with Gasteiger partial charge in [0.2, 0.25) is 0 Å². The van der Waals surface area contributed by atoms with Gasteiger partial charge in [-0.2, -0.15) is 0 Å². The van der Waals surface area contributed by atoms with Crippen molar-refractivity contribution in [2.45, 2.75) is 6.42 Å². The molecule has 1 aliphatic rings. The van der Waals surface area contributed by atoms with Gasteiger partial charge in [-0.25, -0.2) is 9.97 Å². The smallest absolute Gasteiger partial charge is 0.115 e. The average molecular weight is 168 g/mol. The Morgan fingerprint density at radius 3 is 3.00 bits per heavy atom. The molecule has 13 heavy (non-hydrogen) atoms. The van der Waals surface area contributed by atoms with E-state index in [0.29, 0.717) is 0 Å². The zero-order valence-corrected chi connectivity index (χ0v) is 7.07. The predicted octanol–water partition coefficient (Wildman–Crippen LogP) is 2.05. The van der Waals surface area contributed by atoms with Gasteiger partial charge in [-0.1, -0.05) is 24.3 Å². The van der Waals surface area contributed by atoms with Crippen molar-refractivity contribution in [3.63, 3.8) is 0 Å². The fraction of sp³-hybridized carbons (Fsp3) is 0.0909. The van der Waals surface area contributed by atoms with Gasteiger partial charge in [-0.15, -0.1) is 0 Å². The maximum atomic E-state index is 4.26. The molecule has 0 saturated heterocycles. The molecule has 0 N–H and O–H groups in total. The van der Waals surface area contributed by atoms with Crippen molar-refractivity contribution < 1.29 is 0 Å². The molecule has 2 nitrogen and oxygen atoms in total. The van der Waals surface area contributed by atoms with Crippen molar-refractivity contribution in [1.82, 2.24) is 9.97 Å². The molecule has 1 aromatic carbocycles. The summed E-state index contributed by atoms with van der Waals surface area (Å²) >= 11 is 0. The highest BCUT2D eigenvalue weighted by Crippen LogP contribution is 2.33. The lowest BCUT2D eigenvalue weighted by Gasteiger charge is -1.96. The van der Waals surface area contributed by atoms with E-state index in [0.717, 1.165) is 12.1 Å². The minimum absolute atomic E-state index is 0.952. The van der Waals surface area contributed by atoms with Gasteiger partial charge in [-0.3, -0.25) is 0 Å². The predicted molar refractivity (Wildman–Crippen MR) is 50.3 cm³/mol. The van der Waals surface area contributed by atoms with Crippen LogP contribution in [0.25, 0.3) is 11.1 Å². The number of aromatic nitrogens is 2. The number of fused-ring (bicyclic) bond motifs is 3. The molecule has 62 valence electrons. The van der Waals surface area contributed by atoms with E-state index in [1.165, 1.54) is 16.7 Å². The van der Waals surface area contributed by atoms with Crippen molar-refractivity contribution in [2.75, 3.05) is 0 Å². The molecule has 3 rings (SSSR count). The summed E-state index contributed by atoms with van der Waals surface area (Å²) in [6.45, 7) is 0. The van der Waals surface area contributed by atoms with Gasteiger partial charge in [0.1, 0.15) is 6.33 Å². The van der Waals surface area contributed by atoms with Gasteiger partial charge >= 0.3 is 0 Å². The molecule has 0 radical (unpaired) electrons. The van der Waals surface area contributed by atoms with Crippen molar-refractivity contribution >= 4 is 0 Å². The van der Waals surface area contributed by atoms with E-state index in [1.807, 2.05) is 6.20 Å². The van der Waals surface area contributed by atoms with Crippen LogP contribution in [0.1, 0.15) is 11.3 Å². The summed E-state index contributed by atoms with van der Waals surface area (Å²) in [7, 11) is 0. The molecule has 0 aliphatic heterocycles. The minimum Gasteiger partial charge on any atom is -0.244 e. The third-order valence-electron chi connectivity index (χ3n) is 2.46. The first-order valence-corrected chi connectivity index (χ1v) is 4.32. The van der Waals surface area contributed by atoms with Crippen molar-refractivity contribution in [1.29, 1.82) is 0 Å². The summed E-state index contributed by atoms with van der Waals surface area (Å²) in [6.07, 6.45) is 4.47. The lowest BCUT2D eigenvalue weighted by molar-refractivity contribution is 1.07. The number of rotatable bonds is 0. The van der Waals surface area contributed by atoms with Crippen LogP contribution >= 0.6 is 0 Å². The second-order valence-electron chi connectivity index (χ2n) is 3.22. The first-order valence-electron chi connectivity index (χ1n) is 4.32. The van der Waals surface area contributed by atoms with E-state index in [9.17, 15) is 0 Å². The third-order valence-corrected chi connectivity index (χ3v) is 2.46. The zero-order valence-electron chi connectivity index (χ0n) is 7.07. The topological polar surface area (TPSA) is 25.8 Å². The van der Waals surface area contributed by atoms with Gasteiger partial charge in [0.25, 0.3) is 0 Å². The summed E-state index contributed by atoms with van der Waals surface area (Å²) in [4.78, 5) is 8.31. The van der Waals surface area contributed by atoms with E-state index in [4.69, 9.17) is 0 Å². The summed E-state index contributed by atoms with van der Waals surface area (Å²) in [5, 5.41) is 0. The largest absolute Gasteiger partial charge is 0.244 e. The van der Waals surface area contributed by atoms with Crippen LogP contribution in [0.4, 0.5) is 0 Å². The lowest BCUT2D eigenvalue weighted by atomic mass is 10.1. The number of hydrogen-bond donors (Lipinski definition) is 0. The third kappa shape index (κ3) is 0.886. The number of nitrogens with zero attached hydrogens (tertiary/aromatic N) is 2. The van der Waals surface area contributed by atoms with Crippen LogP contribution in [0, 0.1) is 0 Å². The van der Waals surface area contributed by atoms with E-state index >= 15 is 0 Å². The molecular formula is C11H8N2. The summed E-state index contributed by atoms with van der Waals surface area (Å²) in [5.41, 5.74) is 4.99. The highest BCUT2D eigenvalue weighted by Gasteiger charge is 2.17. The van der Waals surface area contributed by atoms with E-state index in [2.05, 4.69) is 34.2 Å². The number of hydrogen-bond acceptors (Lipinski definition) is 2. The molecular weight excluding hydrogens is 160 g/mol. The monoisotopic (exact) mass is 168 g/mol. The average Bonchev–Trinajstić information content (AvgIpc) is 2.56. The molecule has 1 aromatic heterocycles. The molecule has 2 heteroatoms. The van der Waals surface area contributed by atoms with Gasteiger partial charge in [0.15, 0.2) is 0 Å². The minimum atomic E-state index is 0.952. The molecule has 1 heterocycles. The Kier molecular flexibility index (Phi) is 1.25. The summed E-state index contributed by atoms with van der Waals surface area (Å²) < 4.78 is 0. The fourth-order valence-corrected chi connectivity index (χ4v) is 1.84. The van der Waals surface area contributed by atoms with Crippen LogP contribution in [0.5, 0.6) is 0 Å². The van der Waals surface area contributed by atoms with Crippen molar-refractivity contribution in [2.24, 2.45) is 0 Å². The molecule has 1 aliphatic carbocycles. The fourth-order valence-electron chi connectivity index (χ4n) is 1.84. The van der Waals surface area contributed by atoms with Gasteiger partial charge in [-0.05, 0) is 11.1 Å². The van der Waals surface area contributed by atoms with Crippen LogP contribution < -0.4 is 0 Å². The Hall–Kier alpha value is -1.70. The Bertz CT molecular complexity index is 420. The summed E-state index contributed by atoms with van der Waals surface area (Å²) in [6, 6.07) is 8.40. The molecule has 0 unspecified atom stereocenters. The van der Waals surface area contributed by atoms with Gasteiger partial charge in [0.05, 0.1) is 5.69 Å². The first kappa shape index (κ1) is 6.78. The molecule has 0 saturated carbocycles. The molecule has 0 atom stereocenters. The highest BCUT2D eigenvalue weighted by molar-refractivity contribution is 5.74. The van der Waals surface area contributed by atoms with Crippen molar-refractivity contribution in [3.05, 3.63) is 48.0 Å². The molecule has 0 spiro atoms. The van der Waals surface area contributed by atoms with Crippen LogP contribution in [0.2, 0.25) is 0 Å². The van der Waals surface area contributed by atoms with E-state index < -0.39 is 0 Å². The number of benzene rings is 1. The van der Waals surface area contributed by atoms with Gasteiger partial charge < -0.3 is 0 Å². The second kappa shape index (κ2) is 2.39. The lowest BCUT2D eigenvalue weighted by Crippen LogP contribution is -1.86. The zero-order chi connectivity index (χ0) is 8.67. The van der Waals surface area contributed by atoms with Crippen LogP contribution in [-0.4, -0.2) is 9.97 Å². The van der Waals surface area contributed by atoms with Crippen LogP contribution in [0.15, 0.2) is 36.8 Å². The Balaban J connectivity index is 2.32. The maximum absolute atomic E-state index is 4.26. The quantitative estimate of drug-likeness (QED) is 0.513. The van der Waals surface area contributed by atoms with Crippen LogP contribution in [0.3, 0.4) is 0 Å². The van der Waals surface area contributed by atoms with E-state index in [1.54, 1.807) is 6.33 Å². The first-order chi connectivity index (χ1) is 6.45.